The van der Waals surface area contributed by atoms with Crippen LogP contribution in [0.3, 0.4) is 0 Å². The van der Waals surface area contributed by atoms with E-state index in [0.29, 0.717) is 45.1 Å². The van der Waals surface area contributed by atoms with Crippen molar-refractivity contribution in [3.63, 3.8) is 0 Å². The number of ether oxygens (including phenoxy) is 2. The van der Waals surface area contributed by atoms with Crippen molar-refractivity contribution < 1.29 is 29.9 Å². The van der Waals surface area contributed by atoms with E-state index in [2.05, 4.69) is 87.9 Å². The summed E-state index contributed by atoms with van der Waals surface area (Å²) in [6.45, 7) is 12.6. The Labute approximate surface area is 406 Å². The number of nitrogens with zero attached hydrogens (tertiary/aromatic N) is 2. The molecule has 0 amide bonds. The predicted molar refractivity (Wildman–Crippen MR) is 276 cm³/mol. The van der Waals surface area contributed by atoms with Crippen LogP contribution in [0.1, 0.15) is 78.9 Å². The van der Waals surface area contributed by atoms with Gasteiger partial charge in [0.05, 0.1) is 35.3 Å². The molecular formula is C60H52N4O6. The molecule has 8 aromatic rings. The van der Waals surface area contributed by atoms with E-state index < -0.39 is 0 Å². The highest BCUT2D eigenvalue weighted by molar-refractivity contribution is 6.13. The van der Waals surface area contributed by atoms with Crippen molar-refractivity contribution in [2.24, 2.45) is 9.98 Å². The first kappa shape index (κ1) is 44.0. The van der Waals surface area contributed by atoms with Crippen LogP contribution in [0.5, 0.6) is 46.0 Å². The maximum absolute atomic E-state index is 11.9. The van der Waals surface area contributed by atoms with Gasteiger partial charge in [-0.2, -0.15) is 0 Å². The van der Waals surface area contributed by atoms with Crippen LogP contribution in [0.25, 0.3) is 22.5 Å². The molecule has 4 atom stereocenters. The number of H-pyrrole nitrogens is 2. The number of aromatic amines is 2. The van der Waals surface area contributed by atoms with E-state index in [9.17, 15) is 20.4 Å². The molecule has 0 saturated carbocycles. The maximum atomic E-state index is 11.9. The number of allylic oxidation sites excluding steroid dienone is 2. The highest BCUT2D eigenvalue weighted by atomic mass is 16.5. The highest BCUT2D eigenvalue weighted by Gasteiger charge is 2.33. The first-order valence-corrected chi connectivity index (χ1v) is 23.5. The monoisotopic (exact) mass is 924 g/mol. The lowest BCUT2D eigenvalue weighted by molar-refractivity contribution is 0.385. The van der Waals surface area contributed by atoms with E-state index in [-0.39, 0.29) is 69.9 Å². The van der Waals surface area contributed by atoms with Crippen molar-refractivity contribution in [2.45, 2.75) is 65.5 Å². The lowest BCUT2D eigenvalue weighted by atomic mass is 9.83. The van der Waals surface area contributed by atoms with Gasteiger partial charge in [0.2, 0.25) is 0 Å². The second-order valence-electron chi connectivity index (χ2n) is 18.8. The molecule has 4 unspecified atom stereocenters. The Morgan fingerprint density at radius 3 is 1.10 bits per heavy atom. The average Bonchev–Trinajstić information content (AvgIpc) is 4.18. The number of aromatic hydroxyl groups is 4. The number of aryl methyl sites for hydroxylation is 6. The van der Waals surface area contributed by atoms with E-state index in [1.807, 2.05) is 72.8 Å². The summed E-state index contributed by atoms with van der Waals surface area (Å²) in [7, 11) is 0. The number of phenols is 4. The van der Waals surface area contributed by atoms with E-state index in [0.717, 1.165) is 55.9 Å². The van der Waals surface area contributed by atoms with Crippen LogP contribution in [0, 0.1) is 41.5 Å². The number of phenolic OH excluding ortho intramolecular Hbond substituents is 4. The van der Waals surface area contributed by atoms with Crippen LogP contribution in [0.4, 0.5) is 0 Å². The fourth-order valence-corrected chi connectivity index (χ4v) is 11.0. The molecule has 5 heterocycles. The van der Waals surface area contributed by atoms with Crippen molar-refractivity contribution in [3.8, 4) is 68.5 Å². The van der Waals surface area contributed by atoms with Crippen LogP contribution in [0.15, 0.2) is 156 Å². The molecule has 3 aliphatic heterocycles. The van der Waals surface area contributed by atoms with Gasteiger partial charge >= 0.3 is 0 Å². The third kappa shape index (κ3) is 7.62. The normalized spacial score (nSPS) is 18.1. The summed E-state index contributed by atoms with van der Waals surface area (Å²) in [5.41, 5.74) is 15.2. The number of benzene rings is 6. The summed E-state index contributed by atoms with van der Waals surface area (Å²) >= 11 is 0. The zero-order chi connectivity index (χ0) is 48.5. The fourth-order valence-electron chi connectivity index (χ4n) is 11.0. The quantitative estimate of drug-likeness (QED) is 0.101. The molecule has 16 bridgehead atoms. The van der Waals surface area contributed by atoms with Crippen molar-refractivity contribution in [1.29, 1.82) is 0 Å². The summed E-state index contributed by atoms with van der Waals surface area (Å²) in [4.78, 5) is 17.8. The Bertz CT molecular complexity index is 3270. The predicted octanol–water partition coefficient (Wildman–Crippen LogP) is 13.4. The van der Waals surface area contributed by atoms with E-state index in [4.69, 9.17) is 19.5 Å². The lowest BCUT2D eigenvalue weighted by Crippen LogP contribution is -2.18. The number of aromatic nitrogens is 2. The first-order valence-electron chi connectivity index (χ1n) is 23.5. The number of rotatable bonds is 2. The Morgan fingerprint density at radius 1 is 0.414 bits per heavy atom. The maximum Gasteiger partial charge on any atom is 0.169 e. The van der Waals surface area contributed by atoms with Crippen molar-refractivity contribution in [1.82, 2.24) is 9.97 Å². The number of fused-ring (bicyclic) bond motifs is 18. The molecule has 11 rings (SSSR count). The first-order chi connectivity index (χ1) is 33.8. The number of hydrogen-bond donors (Lipinski definition) is 6. The molecule has 0 spiro atoms. The zero-order valence-corrected chi connectivity index (χ0v) is 39.7. The second-order valence-corrected chi connectivity index (χ2v) is 18.8. The van der Waals surface area contributed by atoms with Crippen molar-refractivity contribution >= 4 is 11.4 Å². The van der Waals surface area contributed by atoms with Crippen LogP contribution in [-0.2, 0) is 0 Å². The van der Waals surface area contributed by atoms with Crippen LogP contribution in [-0.4, -0.2) is 53.9 Å². The molecule has 0 radical (unpaired) electrons. The van der Waals surface area contributed by atoms with Crippen molar-refractivity contribution in [3.05, 3.63) is 213 Å². The number of nitrogens with one attached hydrogen (secondary N) is 2. The molecule has 0 aliphatic carbocycles. The third-order valence-electron chi connectivity index (χ3n) is 13.9. The summed E-state index contributed by atoms with van der Waals surface area (Å²) in [6, 6.07) is 37.0. The zero-order valence-electron chi connectivity index (χ0n) is 39.7. The average molecular weight is 925 g/mol. The standard InChI is InChI=1S/C60H52N4O6/c1-31-27-33(3)53(34(4)28-31)55-45-23-19-41(61-45)37-11-7-15-49(57(37)65)69-51-17-9-13-39(59(51)67)43-21-25-47(63-43)56(54-35(5)29-32(2)30-36(54)6)48-26-22-44(64-48)40-14-10-18-52(60(40)68)70-50-16-8-12-38(58(50)66)42-20-24-46(55)62-42/h7-30,45,48,55-56,62-63,65-68H,1-6H3. The van der Waals surface area contributed by atoms with Gasteiger partial charge < -0.3 is 39.9 Å². The van der Waals surface area contributed by atoms with Crippen LogP contribution < -0.4 is 9.47 Å². The molecular weight excluding hydrogens is 873 g/mol. The molecule has 6 aromatic carbocycles. The fraction of sp³-hybridized carbons (Fsp3) is 0.167. The van der Waals surface area contributed by atoms with Crippen LogP contribution >= 0.6 is 0 Å². The van der Waals surface area contributed by atoms with Gasteiger partial charge in [0.15, 0.2) is 46.0 Å². The molecule has 10 heteroatoms. The minimum absolute atomic E-state index is 0.0959. The Morgan fingerprint density at radius 2 is 0.743 bits per heavy atom. The summed E-state index contributed by atoms with van der Waals surface area (Å²) < 4.78 is 12.7. The minimum Gasteiger partial charge on any atom is -0.504 e. The van der Waals surface area contributed by atoms with E-state index in [1.165, 1.54) is 0 Å². The molecule has 2 aromatic heterocycles. The summed E-state index contributed by atoms with van der Waals surface area (Å²) in [5.74, 6) is -0.310. The van der Waals surface area contributed by atoms with E-state index in [1.54, 1.807) is 36.4 Å². The van der Waals surface area contributed by atoms with Gasteiger partial charge in [0.25, 0.3) is 0 Å². The number of aliphatic imine (C=N–C) groups is 2. The Balaban J connectivity index is 1.08. The summed E-state index contributed by atoms with van der Waals surface area (Å²) in [6.07, 6.45) is 7.95. The molecule has 3 aliphatic rings. The van der Waals surface area contributed by atoms with Gasteiger partial charge in [-0.3, -0.25) is 9.98 Å². The highest BCUT2D eigenvalue weighted by Crippen LogP contribution is 2.47. The van der Waals surface area contributed by atoms with Gasteiger partial charge in [-0.05, 0) is 160 Å². The molecule has 70 heavy (non-hydrogen) atoms. The second kappa shape index (κ2) is 17.2. The van der Waals surface area contributed by atoms with E-state index >= 15 is 0 Å². The minimum atomic E-state index is -0.379. The van der Waals surface area contributed by atoms with Crippen molar-refractivity contribution in [2.75, 3.05) is 0 Å². The van der Waals surface area contributed by atoms with Crippen LogP contribution in [0.2, 0.25) is 0 Å². The lowest BCUT2D eigenvalue weighted by Gasteiger charge is -2.25. The van der Waals surface area contributed by atoms with Gasteiger partial charge in [-0.1, -0.05) is 71.8 Å². The Kier molecular flexibility index (Phi) is 10.8. The van der Waals surface area contributed by atoms with Gasteiger partial charge in [-0.15, -0.1) is 0 Å². The molecule has 10 nitrogen and oxygen atoms in total. The van der Waals surface area contributed by atoms with Gasteiger partial charge in [0, 0.05) is 45.0 Å². The molecule has 6 N–H and O–H groups in total. The molecule has 0 saturated heterocycles. The summed E-state index contributed by atoms with van der Waals surface area (Å²) in [5, 5.41) is 47.6. The van der Waals surface area contributed by atoms with Gasteiger partial charge in [0.1, 0.15) is 0 Å². The number of para-hydroxylation sites is 4. The molecule has 348 valence electrons. The molecule has 0 fully saturated rings. The number of hydrogen-bond acceptors (Lipinski definition) is 8. The third-order valence-corrected chi connectivity index (χ3v) is 13.9. The smallest absolute Gasteiger partial charge is 0.169 e. The Hall–Kier alpha value is -8.50. The SMILES string of the molecule is Cc1cc(C)c(C2c3ccc([nH]3)-c3cccc(c3O)Oc3cccc(c3O)C3=NC(C=C3)C(c3c(C)cc(C)cc3C)c3ccc([nH]3)-c3cccc(c3O)Oc3cccc(c3O)C3=NC2C=C3)c(C)c1. The topological polar surface area (TPSA) is 156 Å². The van der Waals surface area contributed by atoms with Gasteiger partial charge in [-0.25, -0.2) is 0 Å². The largest absolute Gasteiger partial charge is 0.504 e.